The molecule has 2 rings (SSSR count). The lowest BCUT2D eigenvalue weighted by Crippen LogP contribution is -2.25. The molecule has 0 saturated heterocycles. The van der Waals surface area contributed by atoms with Gasteiger partial charge in [0.25, 0.3) is 0 Å². The number of nitriles is 1. The zero-order chi connectivity index (χ0) is 20.0. The van der Waals surface area contributed by atoms with E-state index in [-0.39, 0.29) is 11.5 Å². The predicted molar refractivity (Wildman–Crippen MR) is 106 cm³/mol. The Morgan fingerprint density at radius 1 is 1.30 bits per heavy atom. The first-order chi connectivity index (χ1) is 13.0. The molecule has 0 radical (unpaired) electrons. The molecule has 0 spiro atoms. The predicted octanol–water partition coefficient (Wildman–Crippen LogP) is 4.03. The minimum absolute atomic E-state index is 0.146. The number of carbonyl (C=O) groups is 2. The molecule has 0 fully saturated rings. The van der Waals surface area contributed by atoms with Crippen LogP contribution in [-0.4, -0.2) is 24.0 Å². The van der Waals surface area contributed by atoms with Crippen LogP contribution in [0.15, 0.2) is 29.2 Å². The van der Waals surface area contributed by atoms with E-state index in [2.05, 4.69) is 9.72 Å². The Morgan fingerprint density at radius 3 is 2.41 bits per heavy atom. The van der Waals surface area contributed by atoms with Crippen LogP contribution < -0.4 is 4.90 Å². The van der Waals surface area contributed by atoms with Crippen LogP contribution in [0.2, 0.25) is 0 Å². The van der Waals surface area contributed by atoms with Crippen molar-refractivity contribution in [2.45, 2.75) is 33.6 Å². The van der Waals surface area contributed by atoms with Crippen molar-refractivity contribution in [2.75, 3.05) is 12.0 Å². The summed E-state index contributed by atoms with van der Waals surface area (Å²) >= 11 is 1.28. The number of benzene rings is 1. The Labute approximate surface area is 162 Å². The first-order valence-electron chi connectivity index (χ1n) is 8.53. The van der Waals surface area contributed by atoms with Crippen molar-refractivity contribution in [3.05, 3.63) is 46.0 Å². The van der Waals surface area contributed by atoms with Crippen LogP contribution in [0.1, 0.15) is 37.6 Å². The minimum Gasteiger partial charge on any atom is -0.465 e. The first kappa shape index (κ1) is 20.3. The van der Waals surface area contributed by atoms with E-state index in [1.165, 1.54) is 31.4 Å². The summed E-state index contributed by atoms with van der Waals surface area (Å²) in [5, 5.41) is 11.3. The number of para-hydroxylation sites is 1. The van der Waals surface area contributed by atoms with Crippen LogP contribution in [0.4, 0.5) is 10.8 Å². The topological polar surface area (TPSA) is 83.3 Å². The quantitative estimate of drug-likeness (QED) is 0.427. The zero-order valence-corrected chi connectivity index (χ0v) is 16.6. The molecule has 1 aromatic carbocycles. The molecule has 0 atom stereocenters. The molecule has 0 aliphatic rings. The number of hydrogen-bond donors (Lipinski definition) is 0. The van der Waals surface area contributed by atoms with E-state index in [1.54, 1.807) is 16.3 Å². The monoisotopic (exact) mass is 383 g/mol. The standard InChI is InChI=1S/C20H21N3O3S/c1-5-14-8-7-9-15(6-2)18(14)23(13(3)24)20-22-17(12-27-20)10-16(11-21)19(25)26-4/h7-10,12H,5-6H2,1-4H3/b16-10+. The molecule has 1 amide bonds. The lowest BCUT2D eigenvalue weighted by atomic mass is 10.0. The average Bonchev–Trinajstić information content (AvgIpc) is 3.13. The highest BCUT2D eigenvalue weighted by molar-refractivity contribution is 7.14. The van der Waals surface area contributed by atoms with Crippen LogP contribution in [0.25, 0.3) is 6.08 Å². The molecule has 0 saturated carbocycles. The molecule has 0 aliphatic carbocycles. The van der Waals surface area contributed by atoms with Crippen molar-refractivity contribution in [3.63, 3.8) is 0 Å². The van der Waals surface area contributed by atoms with Gasteiger partial charge in [0.15, 0.2) is 5.13 Å². The van der Waals surface area contributed by atoms with Gasteiger partial charge in [-0.15, -0.1) is 11.3 Å². The Kier molecular flexibility index (Phi) is 6.85. The van der Waals surface area contributed by atoms with E-state index in [1.807, 2.05) is 32.0 Å². The van der Waals surface area contributed by atoms with Gasteiger partial charge in [0, 0.05) is 12.3 Å². The third-order valence-corrected chi connectivity index (χ3v) is 4.87. The van der Waals surface area contributed by atoms with Crippen LogP contribution in [-0.2, 0) is 27.2 Å². The molecule has 7 heteroatoms. The van der Waals surface area contributed by atoms with Gasteiger partial charge in [-0.05, 0) is 30.0 Å². The Hall–Kier alpha value is -2.98. The minimum atomic E-state index is -0.722. The number of hydrogen-bond acceptors (Lipinski definition) is 6. The summed E-state index contributed by atoms with van der Waals surface area (Å²) in [4.78, 5) is 30.1. The van der Waals surface area contributed by atoms with E-state index in [0.29, 0.717) is 10.8 Å². The lowest BCUT2D eigenvalue weighted by molar-refractivity contribution is -0.135. The second kappa shape index (κ2) is 9.10. The molecule has 2 aromatic rings. The van der Waals surface area contributed by atoms with E-state index < -0.39 is 5.97 Å². The number of ether oxygens (including phenoxy) is 1. The molecule has 0 unspecified atom stereocenters. The molecular formula is C20H21N3O3S. The number of amides is 1. The molecule has 0 bridgehead atoms. The molecule has 1 heterocycles. The number of rotatable bonds is 6. The van der Waals surface area contributed by atoms with Gasteiger partial charge in [0.1, 0.15) is 11.6 Å². The molecular weight excluding hydrogens is 362 g/mol. The average molecular weight is 383 g/mol. The first-order valence-corrected chi connectivity index (χ1v) is 9.41. The molecule has 0 N–H and O–H groups in total. The molecule has 0 aliphatic heterocycles. The van der Waals surface area contributed by atoms with E-state index in [4.69, 9.17) is 5.26 Å². The molecule has 6 nitrogen and oxygen atoms in total. The lowest BCUT2D eigenvalue weighted by Gasteiger charge is -2.24. The van der Waals surface area contributed by atoms with Crippen molar-refractivity contribution in [1.82, 2.24) is 4.98 Å². The largest absolute Gasteiger partial charge is 0.465 e. The number of carbonyl (C=O) groups excluding carboxylic acids is 2. The van der Waals surface area contributed by atoms with Gasteiger partial charge in [0.05, 0.1) is 18.5 Å². The smallest absolute Gasteiger partial charge is 0.348 e. The summed E-state index contributed by atoms with van der Waals surface area (Å²) < 4.78 is 4.58. The highest BCUT2D eigenvalue weighted by Crippen LogP contribution is 2.35. The third-order valence-electron chi connectivity index (χ3n) is 4.02. The number of aromatic nitrogens is 1. The summed E-state index contributed by atoms with van der Waals surface area (Å²) in [6.07, 6.45) is 2.93. The van der Waals surface area contributed by atoms with Gasteiger partial charge in [-0.25, -0.2) is 9.78 Å². The fourth-order valence-corrected chi connectivity index (χ4v) is 3.56. The Bertz CT molecular complexity index is 903. The van der Waals surface area contributed by atoms with Gasteiger partial charge in [-0.2, -0.15) is 5.26 Å². The number of methoxy groups -OCH3 is 1. The van der Waals surface area contributed by atoms with E-state index in [9.17, 15) is 9.59 Å². The maximum atomic E-state index is 12.5. The Balaban J connectivity index is 2.55. The number of nitrogens with zero attached hydrogens (tertiary/aromatic N) is 3. The van der Waals surface area contributed by atoms with Gasteiger partial charge in [-0.3, -0.25) is 9.69 Å². The maximum Gasteiger partial charge on any atom is 0.348 e. The Morgan fingerprint density at radius 2 is 1.93 bits per heavy atom. The number of esters is 1. The molecule has 27 heavy (non-hydrogen) atoms. The number of anilines is 2. The fraction of sp³-hybridized carbons (Fsp3) is 0.300. The summed E-state index contributed by atoms with van der Waals surface area (Å²) in [6, 6.07) is 7.80. The van der Waals surface area contributed by atoms with Crippen molar-refractivity contribution >= 4 is 40.1 Å². The summed E-state index contributed by atoms with van der Waals surface area (Å²) in [7, 11) is 1.21. The van der Waals surface area contributed by atoms with Gasteiger partial charge in [-0.1, -0.05) is 32.0 Å². The zero-order valence-electron chi connectivity index (χ0n) is 15.8. The summed E-state index contributed by atoms with van der Waals surface area (Å²) in [5.74, 6) is -0.871. The van der Waals surface area contributed by atoms with Crippen LogP contribution >= 0.6 is 11.3 Å². The SMILES string of the molecule is CCc1cccc(CC)c1N(C(C)=O)c1nc(/C=C(\C#N)C(=O)OC)cs1. The van der Waals surface area contributed by atoms with Gasteiger partial charge >= 0.3 is 5.97 Å². The summed E-state index contributed by atoms with van der Waals surface area (Å²) in [5.41, 5.74) is 3.25. The van der Waals surface area contributed by atoms with Crippen molar-refractivity contribution in [2.24, 2.45) is 0 Å². The van der Waals surface area contributed by atoms with Crippen molar-refractivity contribution in [1.29, 1.82) is 5.26 Å². The van der Waals surface area contributed by atoms with Gasteiger partial charge in [0.2, 0.25) is 5.91 Å². The third kappa shape index (κ3) is 4.41. The van der Waals surface area contributed by atoms with Crippen LogP contribution in [0, 0.1) is 11.3 Å². The normalized spacial score (nSPS) is 11.0. The second-order valence-electron chi connectivity index (χ2n) is 5.70. The molecule has 1 aromatic heterocycles. The number of thiazole rings is 1. The van der Waals surface area contributed by atoms with E-state index >= 15 is 0 Å². The highest BCUT2D eigenvalue weighted by atomic mass is 32.1. The fourth-order valence-electron chi connectivity index (χ4n) is 2.73. The van der Waals surface area contributed by atoms with Crippen molar-refractivity contribution < 1.29 is 14.3 Å². The second-order valence-corrected chi connectivity index (χ2v) is 6.54. The van der Waals surface area contributed by atoms with E-state index in [0.717, 1.165) is 29.7 Å². The maximum absolute atomic E-state index is 12.5. The summed E-state index contributed by atoms with van der Waals surface area (Å²) in [6.45, 7) is 5.59. The van der Waals surface area contributed by atoms with Crippen molar-refractivity contribution in [3.8, 4) is 6.07 Å². The molecule has 140 valence electrons. The van der Waals surface area contributed by atoms with Crippen LogP contribution in [0.5, 0.6) is 0 Å². The van der Waals surface area contributed by atoms with Crippen LogP contribution in [0.3, 0.4) is 0 Å². The number of aryl methyl sites for hydroxylation is 2. The highest BCUT2D eigenvalue weighted by Gasteiger charge is 2.23. The van der Waals surface area contributed by atoms with Gasteiger partial charge < -0.3 is 4.74 Å².